The SMILES string of the molecule is CC(=O)c1ccc(Oc2ccccc2F)nc1C(F)F. The second kappa shape index (κ2) is 5.73. The molecule has 0 amide bonds. The Bertz CT molecular complexity index is 644. The van der Waals surface area contributed by atoms with Gasteiger partial charge in [0.05, 0.1) is 0 Å². The van der Waals surface area contributed by atoms with Gasteiger partial charge in [-0.25, -0.2) is 18.2 Å². The number of ketones is 1. The number of Topliss-reactive ketones (excluding diaryl/α,β-unsaturated/α-hetero) is 1. The van der Waals surface area contributed by atoms with Crippen LogP contribution in [0.2, 0.25) is 0 Å². The fourth-order valence-electron chi connectivity index (χ4n) is 1.62. The molecule has 104 valence electrons. The highest BCUT2D eigenvalue weighted by atomic mass is 19.3. The molecule has 1 aromatic heterocycles. The molecule has 2 rings (SSSR count). The van der Waals surface area contributed by atoms with Crippen LogP contribution in [-0.2, 0) is 0 Å². The molecule has 6 heteroatoms. The molecule has 0 aliphatic carbocycles. The second-order valence-electron chi connectivity index (χ2n) is 3.97. The highest BCUT2D eigenvalue weighted by Gasteiger charge is 2.19. The molecule has 0 bridgehead atoms. The van der Waals surface area contributed by atoms with Crippen molar-refractivity contribution in [3.63, 3.8) is 0 Å². The number of para-hydroxylation sites is 1. The number of rotatable bonds is 4. The lowest BCUT2D eigenvalue weighted by Crippen LogP contribution is -2.04. The minimum Gasteiger partial charge on any atom is -0.436 e. The lowest BCUT2D eigenvalue weighted by Gasteiger charge is -2.09. The molecular weight excluding hydrogens is 271 g/mol. The van der Waals surface area contributed by atoms with Crippen molar-refractivity contribution in [3.8, 4) is 11.6 Å². The number of ether oxygens (including phenoxy) is 1. The average molecular weight is 281 g/mol. The van der Waals surface area contributed by atoms with Crippen LogP contribution in [0.3, 0.4) is 0 Å². The van der Waals surface area contributed by atoms with Gasteiger partial charge in [0.1, 0.15) is 5.69 Å². The number of alkyl halides is 2. The second-order valence-corrected chi connectivity index (χ2v) is 3.97. The summed E-state index contributed by atoms with van der Waals surface area (Å²) in [6, 6.07) is 7.96. The fraction of sp³-hybridized carbons (Fsp3) is 0.143. The molecule has 20 heavy (non-hydrogen) atoms. The Morgan fingerprint density at radius 1 is 1.20 bits per heavy atom. The Morgan fingerprint density at radius 3 is 2.50 bits per heavy atom. The molecular formula is C14H10F3NO2. The molecule has 0 saturated heterocycles. The van der Waals surface area contributed by atoms with Gasteiger partial charge < -0.3 is 4.74 Å². The highest BCUT2D eigenvalue weighted by molar-refractivity contribution is 5.95. The van der Waals surface area contributed by atoms with Gasteiger partial charge in [-0.05, 0) is 25.1 Å². The Kier molecular flexibility index (Phi) is 4.02. The average Bonchev–Trinajstić information content (AvgIpc) is 2.41. The van der Waals surface area contributed by atoms with Crippen molar-refractivity contribution in [3.05, 3.63) is 53.5 Å². The third-order valence-electron chi connectivity index (χ3n) is 2.54. The van der Waals surface area contributed by atoms with E-state index < -0.39 is 23.7 Å². The van der Waals surface area contributed by atoms with Gasteiger partial charge in [0.2, 0.25) is 5.88 Å². The van der Waals surface area contributed by atoms with E-state index >= 15 is 0 Å². The maximum Gasteiger partial charge on any atom is 0.281 e. The van der Waals surface area contributed by atoms with Crippen LogP contribution in [0.4, 0.5) is 13.2 Å². The van der Waals surface area contributed by atoms with E-state index in [9.17, 15) is 18.0 Å². The van der Waals surface area contributed by atoms with Crippen LogP contribution >= 0.6 is 0 Å². The molecule has 0 aliphatic rings. The Labute approximate surface area is 113 Å². The molecule has 0 saturated carbocycles. The summed E-state index contributed by atoms with van der Waals surface area (Å²) < 4.78 is 44.2. The summed E-state index contributed by atoms with van der Waals surface area (Å²) in [5.74, 6) is -1.49. The summed E-state index contributed by atoms with van der Waals surface area (Å²) >= 11 is 0. The molecule has 2 aromatic rings. The first kappa shape index (κ1) is 14.0. The lowest BCUT2D eigenvalue weighted by molar-refractivity contribution is 0.0995. The van der Waals surface area contributed by atoms with Crippen molar-refractivity contribution in [2.24, 2.45) is 0 Å². The lowest BCUT2D eigenvalue weighted by atomic mass is 10.1. The van der Waals surface area contributed by atoms with Crippen molar-refractivity contribution in [2.45, 2.75) is 13.3 Å². The zero-order valence-electron chi connectivity index (χ0n) is 10.4. The predicted octanol–water partition coefficient (Wildman–Crippen LogP) is 4.15. The van der Waals surface area contributed by atoms with Crippen LogP contribution in [0.25, 0.3) is 0 Å². The fourth-order valence-corrected chi connectivity index (χ4v) is 1.62. The van der Waals surface area contributed by atoms with Gasteiger partial charge in [0.15, 0.2) is 17.3 Å². The number of hydrogen-bond acceptors (Lipinski definition) is 3. The van der Waals surface area contributed by atoms with Crippen molar-refractivity contribution in [1.82, 2.24) is 4.98 Å². The molecule has 1 heterocycles. The molecule has 0 unspecified atom stereocenters. The van der Waals surface area contributed by atoms with Crippen molar-refractivity contribution in [1.29, 1.82) is 0 Å². The van der Waals surface area contributed by atoms with E-state index in [1.165, 1.54) is 43.3 Å². The van der Waals surface area contributed by atoms with Crippen LogP contribution in [0.15, 0.2) is 36.4 Å². The van der Waals surface area contributed by atoms with Gasteiger partial charge in [0.25, 0.3) is 6.43 Å². The largest absolute Gasteiger partial charge is 0.436 e. The maximum atomic E-state index is 13.4. The Hall–Kier alpha value is -2.37. The number of aromatic nitrogens is 1. The van der Waals surface area contributed by atoms with Crippen LogP contribution in [0.1, 0.15) is 29.4 Å². The third-order valence-corrected chi connectivity index (χ3v) is 2.54. The van der Waals surface area contributed by atoms with Crippen LogP contribution in [0, 0.1) is 5.82 Å². The number of halogens is 3. The summed E-state index contributed by atoms with van der Waals surface area (Å²) in [5, 5.41) is 0. The molecule has 0 radical (unpaired) electrons. The normalized spacial score (nSPS) is 10.7. The standard InChI is InChI=1S/C14H10F3NO2/c1-8(19)9-6-7-12(18-13(9)14(16)17)20-11-5-3-2-4-10(11)15/h2-7,14H,1H3. The Morgan fingerprint density at radius 2 is 1.90 bits per heavy atom. The number of carbonyl (C=O) groups excluding carboxylic acids is 1. The highest BCUT2D eigenvalue weighted by Crippen LogP contribution is 2.27. The van der Waals surface area contributed by atoms with Gasteiger partial charge in [-0.15, -0.1) is 0 Å². The molecule has 0 atom stereocenters. The number of hydrogen-bond donors (Lipinski definition) is 0. The summed E-state index contributed by atoms with van der Waals surface area (Å²) in [6.07, 6.45) is -2.92. The first-order chi connectivity index (χ1) is 9.49. The number of nitrogens with zero attached hydrogens (tertiary/aromatic N) is 1. The van der Waals surface area contributed by atoms with Crippen molar-refractivity contribution in [2.75, 3.05) is 0 Å². The monoisotopic (exact) mass is 281 g/mol. The number of benzene rings is 1. The third kappa shape index (κ3) is 2.96. The smallest absolute Gasteiger partial charge is 0.281 e. The number of pyridine rings is 1. The van der Waals surface area contributed by atoms with E-state index in [1.807, 2.05) is 0 Å². The molecule has 0 spiro atoms. The Balaban J connectivity index is 2.37. The van der Waals surface area contributed by atoms with Crippen molar-refractivity contribution < 1.29 is 22.7 Å². The zero-order valence-corrected chi connectivity index (χ0v) is 10.4. The summed E-state index contributed by atoms with van der Waals surface area (Å²) in [7, 11) is 0. The topological polar surface area (TPSA) is 39.2 Å². The van der Waals surface area contributed by atoms with Crippen LogP contribution < -0.4 is 4.74 Å². The predicted molar refractivity (Wildman–Crippen MR) is 65.7 cm³/mol. The minimum atomic E-state index is -2.92. The van der Waals surface area contributed by atoms with Crippen LogP contribution in [-0.4, -0.2) is 10.8 Å². The van der Waals surface area contributed by atoms with E-state index in [2.05, 4.69) is 4.98 Å². The minimum absolute atomic E-state index is 0.129. The van der Waals surface area contributed by atoms with Gasteiger partial charge in [-0.1, -0.05) is 12.1 Å². The summed E-state index contributed by atoms with van der Waals surface area (Å²) in [6.45, 7) is 1.17. The van der Waals surface area contributed by atoms with Crippen LogP contribution in [0.5, 0.6) is 11.6 Å². The van der Waals surface area contributed by atoms with E-state index in [4.69, 9.17) is 4.74 Å². The van der Waals surface area contributed by atoms with E-state index in [0.29, 0.717) is 0 Å². The molecule has 3 nitrogen and oxygen atoms in total. The van der Waals surface area contributed by atoms with Gasteiger partial charge >= 0.3 is 0 Å². The number of carbonyl (C=O) groups is 1. The quantitative estimate of drug-likeness (QED) is 0.790. The first-order valence-electron chi connectivity index (χ1n) is 5.71. The molecule has 0 aliphatic heterocycles. The molecule has 1 aromatic carbocycles. The summed E-state index contributed by atoms with van der Waals surface area (Å²) in [4.78, 5) is 14.8. The first-order valence-corrected chi connectivity index (χ1v) is 5.71. The van der Waals surface area contributed by atoms with Crippen molar-refractivity contribution >= 4 is 5.78 Å². The van der Waals surface area contributed by atoms with E-state index in [1.54, 1.807) is 0 Å². The van der Waals surface area contributed by atoms with E-state index in [0.717, 1.165) is 0 Å². The zero-order chi connectivity index (χ0) is 14.7. The van der Waals surface area contributed by atoms with E-state index in [-0.39, 0.29) is 17.2 Å². The summed E-state index contributed by atoms with van der Waals surface area (Å²) in [5.41, 5.74) is -0.854. The van der Waals surface area contributed by atoms with Gasteiger partial charge in [-0.2, -0.15) is 0 Å². The van der Waals surface area contributed by atoms with Gasteiger partial charge in [-0.3, -0.25) is 4.79 Å². The molecule has 0 N–H and O–H groups in total. The molecule has 0 fully saturated rings. The maximum absolute atomic E-state index is 13.4. The van der Waals surface area contributed by atoms with Gasteiger partial charge in [0, 0.05) is 11.6 Å².